The van der Waals surface area contributed by atoms with Crippen LogP contribution in [0.2, 0.25) is 0 Å². The fraction of sp³-hybridized carbons (Fsp3) is 0.0769. The summed E-state index contributed by atoms with van der Waals surface area (Å²) in [6.45, 7) is 0.364. The molecule has 0 atom stereocenters. The van der Waals surface area contributed by atoms with E-state index in [0.29, 0.717) is 12.2 Å². The summed E-state index contributed by atoms with van der Waals surface area (Å²) in [5.74, 6) is 0. The molecule has 5 heteroatoms. The first-order valence-electron chi connectivity index (χ1n) is 9.84. The maximum atomic E-state index is 13.8. The monoisotopic (exact) mass is 527 g/mol. The molecule has 1 aromatic heterocycles. The van der Waals surface area contributed by atoms with Gasteiger partial charge in [-0.15, -0.1) is 0 Å². The average molecular weight is 527 g/mol. The van der Waals surface area contributed by atoms with Crippen LogP contribution in [-0.2, 0) is 12.7 Å². The smallest absolute Gasteiger partial charge is 0.342 e. The summed E-state index contributed by atoms with van der Waals surface area (Å²) in [4.78, 5) is 0. The van der Waals surface area contributed by atoms with Crippen molar-refractivity contribution in [1.82, 2.24) is 4.57 Å². The fourth-order valence-corrected chi connectivity index (χ4v) is 5.20. The molecule has 0 saturated carbocycles. The van der Waals surface area contributed by atoms with Crippen molar-refractivity contribution in [3.63, 3.8) is 0 Å². The first kappa shape index (κ1) is 20.1. The lowest BCUT2D eigenvalue weighted by Gasteiger charge is -2.15. The second kappa shape index (κ2) is 7.71. The molecule has 31 heavy (non-hydrogen) atoms. The summed E-state index contributed by atoms with van der Waals surface area (Å²) >= 11 is 1.85. The number of hydrogen-bond donors (Lipinski definition) is 0. The molecule has 0 aliphatic carbocycles. The van der Waals surface area contributed by atoms with Crippen molar-refractivity contribution in [2.24, 2.45) is 0 Å². The Morgan fingerprint density at radius 2 is 1.35 bits per heavy atom. The van der Waals surface area contributed by atoms with Crippen LogP contribution in [0, 0.1) is 3.57 Å². The molecule has 0 amide bonds. The summed E-state index contributed by atoms with van der Waals surface area (Å²) in [6.07, 6.45) is -3.17. The summed E-state index contributed by atoms with van der Waals surface area (Å²) in [7, 11) is 0. The Hall–Kier alpha value is -2.80. The standard InChI is InChI=1S/C26H17F3IN/c27-26(28,29)23-16-31(15-17-8-2-1-3-9-17)25(24(23)30)22-14-18-10-4-5-11-19(18)20-12-6-7-13-21(20)22/h1-14,16H,15H2. The minimum Gasteiger partial charge on any atom is -0.342 e. The molecule has 5 aromatic rings. The van der Waals surface area contributed by atoms with Gasteiger partial charge in [-0.25, -0.2) is 0 Å². The van der Waals surface area contributed by atoms with Crippen LogP contribution in [0.3, 0.4) is 0 Å². The molecule has 0 unspecified atom stereocenters. The van der Waals surface area contributed by atoms with Gasteiger partial charge in [0.05, 0.1) is 14.8 Å². The molecule has 0 radical (unpaired) electrons. The van der Waals surface area contributed by atoms with Gasteiger partial charge in [-0.2, -0.15) is 13.2 Å². The number of benzene rings is 4. The minimum atomic E-state index is -4.42. The molecule has 0 N–H and O–H groups in total. The lowest BCUT2D eigenvalue weighted by Crippen LogP contribution is -2.05. The predicted molar refractivity (Wildman–Crippen MR) is 128 cm³/mol. The van der Waals surface area contributed by atoms with E-state index in [1.165, 1.54) is 6.20 Å². The van der Waals surface area contributed by atoms with E-state index in [1.54, 1.807) is 4.57 Å². The summed E-state index contributed by atoms with van der Waals surface area (Å²) in [5, 5.41) is 4.08. The van der Waals surface area contributed by atoms with E-state index in [4.69, 9.17) is 0 Å². The van der Waals surface area contributed by atoms with Crippen molar-refractivity contribution in [3.05, 3.63) is 106 Å². The number of aromatic nitrogens is 1. The zero-order valence-corrected chi connectivity index (χ0v) is 18.5. The number of hydrogen-bond acceptors (Lipinski definition) is 0. The normalized spacial score (nSPS) is 12.0. The topological polar surface area (TPSA) is 4.93 Å². The number of fused-ring (bicyclic) bond motifs is 3. The molecule has 0 aliphatic rings. The van der Waals surface area contributed by atoms with Gasteiger partial charge in [0.1, 0.15) is 0 Å². The second-order valence-corrected chi connectivity index (χ2v) is 8.59. The first-order chi connectivity index (χ1) is 14.9. The summed E-state index contributed by atoms with van der Waals surface area (Å²) in [6, 6.07) is 27.5. The maximum Gasteiger partial charge on any atom is 0.418 e. The third kappa shape index (κ3) is 3.61. The lowest BCUT2D eigenvalue weighted by atomic mass is 9.95. The van der Waals surface area contributed by atoms with Crippen LogP contribution < -0.4 is 0 Å². The van der Waals surface area contributed by atoms with Crippen molar-refractivity contribution in [2.45, 2.75) is 12.7 Å². The van der Waals surface area contributed by atoms with E-state index in [-0.39, 0.29) is 3.57 Å². The largest absolute Gasteiger partial charge is 0.418 e. The van der Waals surface area contributed by atoms with Crippen LogP contribution >= 0.6 is 22.6 Å². The van der Waals surface area contributed by atoms with E-state index in [9.17, 15) is 13.2 Å². The van der Waals surface area contributed by atoms with Crippen molar-refractivity contribution in [1.29, 1.82) is 0 Å². The van der Waals surface area contributed by atoms with Crippen LogP contribution in [0.5, 0.6) is 0 Å². The van der Waals surface area contributed by atoms with Crippen molar-refractivity contribution in [2.75, 3.05) is 0 Å². The van der Waals surface area contributed by atoms with Gasteiger partial charge in [0.15, 0.2) is 0 Å². The van der Waals surface area contributed by atoms with Gasteiger partial charge >= 0.3 is 6.18 Å². The fourth-order valence-electron chi connectivity index (χ4n) is 4.16. The van der Waals surface area contributed by atoms with Gasteiger partial charge in [-0.3, -0.25) is 0 Å². The number of alkyl halides is 3. The van der Waals surface area contributed by atoms with E-state index >= 15 is 0 Å². The Labute approximate surface area is 191 Å². The van der Waals surface area contributed by atoms with Gasteiger partial charge in [-0.05, 0) is 55.8 Å². The van der Waals surface area contributed by atoms with Crippen LogP contribution in [0.1, 0.15) is 11.1 Å². The SMILES string of the molecule is FC(F)(F)c1cn(Cc2ccccc2)c(-c2cc3ccccc3c3ccccc23)c1I. The van der Waals surface area contributed by atoms with E-state index in [2.05, 4.69) is 6.07 Å². The van der Waals surface area contributed by atoms with Crippen molar-refractivity contribution >= 4 is 44.1 Å². The molecule has 0 spiro atoms. The molecule has 0 aliphatic heterocycles. The molecule has 5 rings (SSSR count). The Morgan fingerprint density at radius 1 is 0.742 bits per heavy atom. The van der Waals surface area contributed by atoms with Crippen LogP contribution in [-0.4, -0.2) is 4.57 Å². The predicted octanol–water partition coefficient (Wildman–Crippen LogP) is 8.13. The zero-order chi connectivity index (χ0) is 21.6. The van der Waals surface area contributed by atoms with Gasteiger partial charge in [0.25, 0.3) is 0 Å². The molecule has 4 aromatic carbocycles. The lowest BCUT2D eigenvalue weighted by molar-refractivity contribution is -0.138. The highest BCUT2D eigenvalue weighted by Crippen LogP contribution is 2.42. The quantitative estimate of drug-likeness (QED) is 0.165. The third-order valence-electron chi connectivity index (χ3n) is 5.54. The van der Waals surface area contributed by atoms with Crippen LogP contribution in [0.4, 0.5) is 13.2 Å². The molecule has 154 valence electrons. The van der Waals surface area contributed by atoms with Crippen molar-refractivity contribution < 1.29 is 13.2 Å². The Morgan fingerprint density at radius 3 is 2.06 bits per heavy atom. The number of nitrogens with zero attached hydrogens (tertiary/aromatic N) is 1. The highest BCUT2D eigenvalue weighted by molar-refractivity contribution is 14.1. The number of halogens is 4. The average Bonchev–Trinajstić information content (AvgIpc) is 3.10. The van der Waals surface area contributed by atoms with Gasteiger partial charge in [-0.1, -0.05) is 78.9 Å². The second-order valence-electron chi connectivity index (χ2n) is 7.51. The Kier molecular flexibility index (Phi) is 5.01. The highest BCUT2D eigenvalue weighted by Gasteiger charge is 2.36. The van der Waals surface area contributed by atoms with Gasteiger partial charge < -0.3 is 4.57 Å². The molecule has 0 saturated heterocycles. The first-order valence-corrected chi connectivity index (χ1v) is 10.9. The minimum absolute atomic E-state index is 0.224. The molecule has 0 bridgehead atoms. The molecule has 1 heterocycles. The molecular weight excluding hydrogens is 510 g/mol. The molecular formula is C26H17F3IN. The van der Waals surface area contributed by atoms with Crippen LogP contribution in [0.25, 0.3) is 32.8 Å². The third-order valence-corrected chi connectivity index (χ3v) is 6.63. The summed E-state index contributed by atoms with van der Waals surface area (Å²) in [5.41, 5.74) is 1.76. The maximum absolute atomic E-state index is 13.8. The summed E-state index contributed by atoms with van der Waals surface area (Å²) < 4.78 is 43.5. The Bertz CT molecular complexity index is 1400. The number of rotatable bonds is 3. The van der Waals surface area contributed by atoms with E-state index in [1.807, 2.05) is 101 Å². The molecule has 1 nitrogen and oxygen atoms in total. The van der Waals surface area contributed by atoms with Crippen LogP contribution in [0.15, 0.2) is 91.1 Å². The van der Waals surface area contributed by atoms with Gasteiger partial charge in [0, 0.05) is 18.3 Å². The van der Waals surface area contributed by atoms with E-state index in [0.717, 1.165) is 32.7 Å². The van der Waals surface area contributed by atoms with Crippen molar-refractivity contribution in [3.8, 4) is 11.3 Å². The Balaban J connectivity index is 1.83. The molecule has 0 fully saturated rings. The van der Waals surface area contributed by atoms with E-state index < -0.39 is 11.7 Å². The van der Waals surface area contributed by atoms with Gasteiger partial charge in [0.2, 0.25) is 0 Å². The zero-order valence-electron chi connectivity index (χ0n) is 16.3. The highest BCUT2D eigenvalue weighted by atomic mass is 127.